The van der Waals surface area contributed by atoms with E-state index in [9.17, 15) is 13.9 Å². The summed E-state index contributed by atoms with van der Waals surface area (Å²) in [7, 11) is 0. The van der Waals surface area contributed by atoms with Crippen LogP contribution in [0.4, 0.5) is 8.78 Å². The van der Waals surface area contributed by atoms with Crippen LogP contribution in [0.5, 0.6) is 11.5 Å². The molecule has 0 aromatic heterocycles. The molecule has 2 aromatic rings. The van der Waals surface area contributed by atoms with Gasteiger partial charge in [-0.05, 0) is 28.1 Å². The second-order valence-corrected chi connectivity index (χ2v) is 5.19. The molecule has 112 valence electrons. The average Bonchev–Trinajstić information content (AvgIpc) is 2.45. The minimum Gasteiger partial charge on any atom is -0.506 e. The quantitative estimate of drug-likeness (QED) is 0.819. The van der Waals surface area contributed by atoms with Crippen LogP contribution in [-0.4, -0.2) is 11.7 Å². The van der Waals surface area contributed by atoms with Gasteiger partial charge in [0.05, 0.1) is 4.47 Å². The first-order chi connectivity index (χ1) is 10.1. The van der Waals surface area contributed by atoms with Crippen molar-refractivity contribution in [1.29, 1.82) is 0 Å². The number of hydrogen-bond acceptors (Lipinski definition) is 3. The molecule has 21 heavy (non-hydrogen) atoms. The van der Waals surface area contributed by atoms with E-state index in [0.29, 0.717) is 23.1 Å². The lowest BCUT2D eigenvalue weighted by molar-refractivity contribution is -0.0505. The number of aromatic hydroxyl groups is 1. The molecule has 0 saturated carbocycles. The molecule has 0 atom stereocenters. The van der Waals surface area contributed by atoms with Crippen LogP contribution in [0.1, 0.15) is 11.1 Å². The van der Waals surface area contributed by atoms with Gasteiger partial charge in [-0.15, -0.1) is 0 Å². The van der Waals surface area contributed by atoms with Gasteiger partial charge in [-0.1, -0.05) is 30.3 Å². The van der Waals surface area contributed by atoms with Gasteiger partial charge in [-0.3, -0.25) is 0 Å². The first-order valence-corrected chi connectivity index (χ1v) is 7.07. The van der Waals surface area contributed by atoms with Crippen LogP contribution in [-0.2, 0) is 13.1 Å². The van der Waals surface area contributed by atoms with Crippen molar-refractivity contribution in [2.24, 2.45) is 0 Å². The Morgan fingerprint density at radius 3 is 2.48 bits per heavy atom. The van der Waals surface area contributed by atoms with E-state index in [1.165, 1.54) is 6.07 Å². The Balaban J connectivity index is 1.99. The molecule has 2 aromatic carbocycles. The van der Waals surface area contributed by atoms with Crippen molar-refractivity contribution in [3.8, 4) is 11.5 Å². The summed E-state index contributed by atoms with van der Waals surface area (Å²) in [6, 6.07) is 12.0. The third-order valence-corrected chi connectivity index (χ3v) is 3.53. The maximum absolute atomic E-state index is 12.3. The zero-order chi connectivity index (χ0) is 15.2. The lowest BCUT2D eigenvalue weighted by Crippen LogP contribution is -2.14. The second-order valence-electron chi connectivity index (χ2n) is 4.34. The van der Waals surface area contributed by atoms with E-state index >= 15 is 0 Å². The van der Waals surface area contributed by atoms with Gasteiger partial charge in [0.15, 0.2) is 0 Å². The van der Waals surface area contributed by atoms with E-state index in [-0.39, 0.29) is 11.5 Å². The summed E-state index contributed by atoms with van der Waals surface area (Å²) < 4.78 is 29.7. The molecular weight excluding hydrogens is 344 g/mol. The molecular formula is C15H14BrF2NO2. The normalized spacial score (nSPS) is 10.9. The van der Waals surface area contributed by atoms with E-state index in [1.807, 2.05) is 6.07 Å². The maximum Gasteiger partial charge on any atom is 0.387 e. The van der Waals surface area contributed by atoms with E-state index in [2.05, 4.69) is 26.0 Å². The highest BCUT2D eigenvalue weighted by Crippen LogP contribution is 2.27. The van der Waals surface area contributed by atoms with E-state index in [4.69, 9.17) is 0 Å². The lowest BCUT2D eigenvalue weighted by atomic mass is 10.1. The number of alkyl halides is 2. The number of phenolic OH excluding ortho intramolecular Hbond substituents is 1. The summed E-state index contributed by atoms with van der Waals surface area (Å²) >= 11 is 3.24. The molecule has 0 aliphatic heterocycles. The predicted molar refractivity (Wildman–Crippen MR) is 79.4 cm³/mol. The van der Waals surface area contributed by atoms with Crippen LogP contribution < -0.4 is 10.1 Å². The Bertz CT molecular complexity index is 608. The Morgan fingerprint density at radius 2 is 1.71 bits per heavy atom. The third-order valence-electron chi connectivity index (χ3n) is 2.89. The van der Waals surface area contributed by atoms with Crippen molar-refractivity contribution in [1.82, 2.24) is 5.32 Å². The molecule has 3 nitrogen and oxygen atoms in total. The van der Waals surface area contributed by atoms with Crippen molar-refractivity contribution in [2.45, 2.75) is 19.7 Å². The summed E-state index contributed by atoms with van der Waals surface area (Å²) in [5.74, 6) is 0.320. The lowest BCUT2D eigenvalue weighted by Gasteiger charge is -2.12. The van der Waals surface area contributed by atoms with Gasteiger partial charge in [0.25, 0.3) is 0 Å². The van der Waals surface area contributed by atoms with Crippen LogP contribution in [0.2, 0.25) is 0 Å². The van der Waals surface area contributed by atoms with E-state index < -0.39 is 6.61 Å². The van der Waals surface area contributed by atoms with Gasteiger partial charge >= 0.3 is 6.61 Å². The molecule has 0 bridgehead atoms. The molecule has 0 unspecified atom stereocenters. The SMILES string of the molecule is Oc1c(Br)cccc1CNCc1ccccc1OC(F)F. The van der Waals surface area contributed by atoms with Gasteiger partial charge in [0.1, 0.15) is 11.5 Å². The van der Waals surface area contributed by atoms with E-state index in [1.54, 1.807) is 30.3 Å². The van der Waals surface area contributed by atoms with Crippen LogP contribution in [0.3, 0.4) is 0 Å². The molecule has 0 spiro atoms. The maximum atomic E-state index is 12.3. The third kappa shape index (κ3) is 4.41. The summed E-state index contributed by atoms with van der Waals surface area (Å²) in [4.78, 5) is 0. The highest BCUT2D eigenvalue weighted by atomic mass is 79.9. The van der Waals surface area contributed by atoms with Crippen molar-refractivity contribution in [3.05, 3.63) is 58.1 Å². The summed E-state index contributed by atoms with van der Waals surface area (Å²) in [5, 5.41) is 13.0. The smallest absolute Gasteiger partial charge is 0.387 e. The highest BCUT2D eigenvalue weighted by molar-refractivity contribution is 9.10. The van der Waals surface area contributed by atoms with Gasteiger partial charge in [-0.25, -0.2) is 0 Å². The second kappa shape index (κ2) is 7.38. The Labute approximate surface area is 129 Å². The number of para-hydroxylation sites is 2. The molecule has 0 radical (unpaired) electrons. The van der Waals surface area contributed by atoms with Gasteiger partial charge in [0, 0.05) is 24.2 Å². The van der Waals surface area contributed by atoms with Crippen molar-refractivity contribution >= 4 is 15.9 Å². The van der Waals surface area contributed by atoms with Gasteiger partial charge in [-0.2, -0.15) is 8.78 Å². The topological polar surface area (TPSA) is 41.5 Å². The van der Waals surface area contributed by atoms with Crippen molar-refractivity contribution < 1.29 is 18.6 Å². The molecule has 0 aliphatic carbocycles. The van der Waals surface area contributed by atoms with Crippen LogP contribution in [0, 0.1) is 0 Å². The average molecular weight is 358 g/mol. The minimum absolute atomic E-state index is 0.151. The predicted octanol–water partition coefficient (Wildman–Crippen LogP) is 4.05. The summed E-state index contributed by atoms with van der Waals surface area (Å²) in [5.41, 5.74) is 1.35. The number of halogens is 3. The summed E-state index contributed by atoms with van der Waals surface area (Å²) in [6.07, 6.45) is 0. The molecule has 2 rings (SSSR count). The molecule has 0 saturated heterocycles. The molecule has 0 amide bonds. The largest absolute Gasteiger partial charge is 0.506 e. The number of hydrogen-bond donors (Lipinski definition) is 2. The first kappa shape index (κ1) is 15.7. The monoisotopic (exact) mass is 357 g/mol. The van der Waals surface area contributed by atoms with Gasteiger partial charge < -0.3 is 15.2 Å². The van der Waals surface area contributed by atoms with Crippen molar-refractivity contribution in [3.63, 3.8) is 0 Å². The number of nitrogens with one attached hydrogen (secondary N) is 1. The Hall–Kier alpha value is -1.66. The highest BCUT2D eigenvalue weighted by Gasteiger charge is 2.09. The fraction of sp³-hybridized carbons (Fsp3) is 0.200. The number of rotatable bonds is 6. The molecule has 0 fully saturated rings. The summed E-state index contributed by atoms with van der Waals surface area (Å²) in [6.45, 7) is -2.08. The van der Waals surface area contributed by atoms with Crippen LogP contribution >= 0.6 is 15.9 Å². The number of phenols is 1. The Morgan fingerprint density at radius 1 is 1.05 bits per heavy atom. The van der Waals surface area contributed by atoms with Gasteiger partial charge in [0.2, 0.25) is 0 Å². The van der Waals surface area contributed by atoms with Crippen LogP contribution in [0.25, 0.3) is 0 Å². The standard InChI is InChI=1S/C15H14BrF2NO2/c16-12-6-3-5-11(14(12)20)9-19-8-10-4-1-2-7-13(10)21-15(17)18/h1-7,15,19-20H,8-9H2. The number of benzene rings is 2. The zero-order valence-electron chi connectivity index (χ0n) is 11.0. The fourth-order valence-corrected chi connectivity index (χ4v) is 2.30. The van der Waals surface area contributed by atoms with E-state index in [0.717, 1.165) is 5.56 Å². The Kier molecular flexibility index (Phi) is 5.52. The molecule has 6 heteroatoms. The van der Waals surface area contributed by atoms with Crippen LogP contribution in [0.15, 0.2) is 46.9 Å². The number of ether oxygens (including phenoxy) is 1. The fourth-order valence-electron chi connectivity index (χ4n) is 1.90. The van der Waals surface area contributed by atoms with Crippen molar-refractivity contribution in [2.75, 3.05) is 0 Å². The molecule has 2 N–H and O–H groups in total. The zero-order valence-corrected chi connectivity index (χ0v) is 12.6. The first-order valence-electron chi connectivity index (χ1n) is 6.27. The molecule has 0 aliphatic rings. The minimum atomic E-state index is -2.85. The molecule has 0 heterocycles.